The summed E-state index contributed by atoms with van der Waals surface area (Å²) < 4.78 is 0. The fourth-order valence-electron chi connectivity index (χ4n) is 1.40. The van der Waals surface area contributed by atoms with Crippen LogP contribution in [0.2, 0.25) is 0 Å². The van der Waals surface area contributed by atoms with E-state index in [-0.39, 0.29) is 5.41 Å². The van der Waals surface area contributed by atoms with Gasteiger partial charge in [-0.1, -0.05) is 20.8 Å². The van der Waals surface area contributed by atoms with Gasteiger partial charge in [0.25, 0.3) is 0 Å². The van der Waals surface area contributed by atoms with Gasteiger partial charge in [0, 0.05) is 12.8 Å². The lowest BCUT2D eigenvalue weighted by Crippen LogP contribution is -2.13. The van der Waals surface area contributed by atoms with Crippen molar-refractivity contribution < 1.29 is 4.79 Å². The molecule has 0 atom stereocenters. The molecule has 1 nitrogen and oxygen atoms in total. The third-order valence-corrected chi connectivity index (χ3v) is 2.73. The molecule has 0 radical (unpaired) electrons. The van der Waals surface area contributed by atoms with E-state index in [1.165, 1.54) is 5.56 Å². The van der Waals surface area contributed by atoms with Crippen molar-refractivity contribution in [3.8, 4) is 0 Å². The molecule has 0 saturated carbocycles. The third kappa shape index (κ3) is 4.56. The molecule has 0 aliphatic rings. The highest BCUT2D eigenvalue weighted by Crippen LogP contribution is 2.20. The van der Waals surface area contributed by atoms with Gasteiger partial charge in [0.15, 0.2) is 0 Å². The molecule has 0 fully saturated rings. The van der Waals surface area contributed by atoms with Crippen LogP contribution in [-0.4, -0.2) is 5.78 Å². The van der Waals surface area contributed by atoms with Crippen molar-refractivity contribution in [3.05, 3.63) is 22.4 Å². The van der Waals surface area contributed by atoms with Crippen molar-refractivity contribution in [2.24, 2.45) is 5.41 Å². The SMILES string of the molecule is CC(C)(C)CC(=O)CCc1ccsc1. The zero-order chi connectivity index (χ0) is 10.6. The molecular weight excluding hydrogens is 192 g/mol. The maximum absolute atomic E-state index is 11.6. The fourth-order valence-corrected chi connectivity index (χ4v) is 2.10. The number of Topliss-reactive ketones (excluding diaryl/α,β-unsaturated/α-hetero) is 1. The summed E-state index contributed by atoms with van der Waals surface area (Å²) in [5, 5.41) is 4.17. The summed E-state index contributed by atoms with van der Waals surface area (Å²) in [6, 6.07) is 2.09. The molecular formula is C12H18OS. The van der Waals surface area contributed by atoms with Crippen LogP contribution in [0.4, 0.5) is 0 Å². The van der Waals surface area contributed by atoms with Gasteiger partial charge in [-0.2, -0.15) is 11.3 Å². The Balaban J connectivity index is 2.29. The second-order valence-corrected chi connectivity index (χ2v) is 5.69. The normalized spacial score (nSPS) is 11.6. The van der Waals surface area contributed by atoms with Crippen molar-refractivity contribution in [3.63, 3.8) is 0 Å². The summed E-state index contributed by atoms with van der Waals surface area (Å²) >= 11 is 1.69. The van der Waals surface area contributed by atoms with E-state index in [0.29, 0.717) is 18.6 Å². The van der Waals surface area contributed by atoms with E-state index in [0.717, 1.165) is 6.42 Å². The maximum Gasteiger partial charge on any atom is 0.133 e. The summed E-state index contributed by atoms with van der Waals surface area (Å²) in [7, 11) is 0. The van der Waals surface area contributed by atoms with E-state index in [2.05, 4.69) is 37.6 Å². The standard InChI is InChI=1S/C12H18OS/c1-12(2,3)8-11(13)5-4-10-6-7-14-9-10/h6-7,9H,4-5,8H2,1-3H3. The van der Waals surface area contributed by atoms with Crippen LogP contribution in [-0.2, 0) is 11.2 Å². The van der Waals surface area contributed by atoms with E-state index in [9.17, 15) is 4.79 Å². The van der Waals surface area contributed by atoms with Crippen LogP contribution in [0, 0.1) is 5.41 Å². The van der Waals surface area contributed by atoms with Crippen LogP contribution in [0.5, 0.6) is 0 Å². The first-order chi connectivity index (χ1) is 6.47. The van der Waals surface area contributed by atoms with E-state index in [1.54, 1.807) is 11.3 Å². The molecule has 0 spiro atoms. The van der Waals surface area contributed by atoms with E-state index < -0.39 is 0 Å². The molecule has 1 aromatic heterocycles. The molecule has 1 heterocycles. The molecule has 0 aliphatic heterocycles. The molecule has 0 amide bonds. The van der Waals surface area contributed by atoms with Crippen LogP contribution in [0.25, 0.3) is 0 Å². The van der Waals surface area contributed by atoms with Gasteiger partial charge >= 0.3 is 0 Å². The lowest BCUT2D eigenvalue weighted by Gasteiger charge is -2.16. The van der Waals surface area contributed by atoms with Gasteiger partial charge in [-0.3, -0.25) is 4.79 Å². The Morgan fingerprint density at radius 3 is 2.64 bits per heavy atom. The highest BCUT2D eigenvalue weighted by Gasteiger charge is 2.15. The summed E-state index contributed by atoms with van der Waals surface area (Å²) in [4.78, 5) is 11.6. The number of carbonyl (C=O) groups excluding carboxylic acids is 1. The van der Waals surface area contributed by atoms with Gasteiger partial charge in [0.05, 0.1) is 0 Å². The average molecular weight is 210 g/mol. The van der Waals surface area contributed by atoms with E-state index in [4.69, 9.17) is 0 Å². The monoisotopic (exact) mass is 210 g/mol. The van der Waals surface area contributed by atoms with Gasteiger partial charge in [0.1, 0.15) is 5.78 Å². The number of thiophene rings is 1. The summed E-state index contributed by atoms with van der Waals surface area (Å²) in [5.74, 6) is 0.378. The molecule has 0 saturated heterocycles. The third-order valence-electron chi connectivity index (χ3n) is 2.00. The topological polar surface area (TPSA) is 17.1 Å². The van der Waals surface area contributed by atoms with Crippen molar-refractivity contribution >= 4 is 17.1 Å². The lowest BCUT2D eigenvalue weighted by molar-refractivity contribution is -0.120. The smallest absolute Gasteiger partial charge is 0.133 e. The molecule has 0 N–H and O–H groups in total. The van der Waals surface area contributed by atoms with Crippen molar-refractivity contribution in [1.82, 2.24) is 0 Å². The lowest BCUT2D eigenvalue weighted by atomic mass is 9.88. The molecule has 0 bridgehead atoms. The fraction of sp³-hybridized carbons (Fsp3) is 0.583. The Labute approximate surface area is 90.2 Å². The van der Waals surface area contributed by atoms with Gasteiger partial charge < -0.3 is 0 Å². The molecule has 0 unspecified atom stereocenters. The minimum absolute atomic E-state index is 0.131. The Kier molecular flexibility index (Phi) is 3.87. The van der Waals surface area contributed by atoms with Gasteiger partial charge in [-0.25, -0.2) is 0 Å². The molecule has 2 heteroatoms. The molecule has 0 aromatic carbocycles. The molecule has 1 rings (SSSR count). The zero-order valence-corrected chi connectivity index (χ0v) is 9.99. The number of ketones is 1. The predicted octanol–water partition coefficient (Wildman–Crippen LogP) is 3.69. The zero-order valence-electron chi connectivity index (χ0n) is 9.17. The van der Waals surface area contributed by atoms with Gasteiger partial charge in [-0.15, -0.1) is 0 Å². The largest absolute Gasteiger partial charge is 0.300 e. The Morgan fingerprint density at radius 2 is 2.14 bits per heavy atom. The van der Waals surface area contributed by atoms with Gasteiger partial charge in [0.2, 0.25) is 0 Å². The second-order valence-electron chi connectivity index (χ2n) is 4.91. The van der Waals surface area contributed by atoms with Crippen LogP contribution in [0.3, 0.4) is 0 Å². The highest BCUT2D eigenvalue weighted by molar-refractivity contribution is 7.07. The first kappa shape index (κ1) is 11.4. The van der Waals surface area contributed by atoms with Crippen molar-refractivity contribution in [2.45, 2.75) is 40.0 Å². The number of aryl methyl sites for hydroxylation is 1. The molecule has 14 heavy (non-hydrogen) atoms. The number of rotatable bonds is 4. The van der Waals surface area contributed by atoms with Crippen LogP contribution < -0.4 is 0 Å². The first-order valence-corrected chi connectivity index (χ1v) is 5.94. The second kappa shape index (κ2) is 4.74. The van der Waals surface area contributed by atoms with E-state index >= 15 is 0 Å². The quantitative estimate of drug-likeness (QED) is 0.740. The van der Waals surface area contributed by atoms with Crippen molar-refractivity contribution in [2.75, 3.05) is 0 Å². The Bertz CT molecular complexity index is 280. The summed E-state index contributed by atoms with van der Waals surface area (Å²) in [5.41, 5.74) is 1.42. The van der Waals surface area contributed by atoms with Crippen molar-refractivity contribution in [1.29, 1.82) is 0 Å². The van der Waals surface area contributed by atoms with Crippen LogP contribution in [0.1, 0.15) is 39.2 Å². The molecule has 78 valence electrons. The van der Waals surface area contributed by atoms with Crippen LogP contribution >= 0.6 is 11.3 Å². The number of hydrogen-bond acceptors (Lipinski definition) is 2. The first-order valence-electron chi connectivity index (χ1n) is 5.00. The Hall–Kier alpha value is -0.630. The summed E-state index contributed by atoms with van der Waals surface area (Å²) in [6.45, 7) is 6.32. The Morgan fingerprint density at radius 1 is 1.43 bits per heavy atom. The highest BCUT2D eigenvalue weighted by atomic mass is 32.1. The maximum atomic E-state index is 11.6. The minimum Gasteiger partial charge on any atom is -0.300 e. The molecule has 0 aliphatic carbocycles. The minimum atomic E-state index is 0.131. The number of carbonyl (C=O) groups is 1. The summed E-state index contributed by atoms with van der Waals surface area (Å²) in [6.07, 6.45) is 2.28. The van der Waals surface area contributed by atoms with Gasteiger partial charge in [-0.05, 0) is 34.2 Å². The number of hydrogen-bond donors (Lipinski definition) is 0. The van der Waals surface area contributed by atoms with Crippen LogP contribution in [0.15, 0.2) is 16.8 Å². The van der Waals surface area contributed by atoms with E-state index in [1.807, 2.05) is 0 Å². The predicted molar refractivity (Wildman–Crippen MR) is 61.7 cm³/mol. The average Bonchev–Trinajstić information content (AvgIpc) is 2.49. The molecule has 1 aromatic rings.